The molecule has 0 unspecified atom stereocenters. The van der Waals surface area contributed by atoms with Gasteiger partial charge in [-0.05, 0) is 18.6 Å². The molecule has 1 aromatic carbocycles. The fourth-order valence-corrected chi connectivity index (χ4v) is 2.62. The lowest BCUT2D eigenvalue weighted by molar-refractivity contribution is 0.00878. The van der Waals surface area contributed by atoms with Gasteiger partial charge in [0.05, 0.1) is 33.0 Å². The number of hydrogen-bond acceptors (Lipinski definition) is 4. The zero-order chi connectivity index (χ0) is 18.5. The summed E-state index contributed by atoms with van der Waals surface area (Å²) in [4.78, 5) is 0. The Hall–Kier alpha value is -1.10. The van der Waals surface area contributed by atoms with Gasteiger partial charge in [0.1, 0.15) is 12.4 Å². The summed E-state index contributed by atoms with van der Waals surface area (Å²) in [5, 5.41) is 0. The van der Waals surface area contributed by atoms with Crippen molar-refractivity contribution in [2.24, 2.45) is 0 Å². The van der Waals surface area contributed by atoms with Crippen LogP contribution in [0.3, 0.4) is 0 Å². The van der Waals surface area contributed by atoms with Crippen LogP contribution in [-0.2, 0) is 14.2 Å². The molecule has 0 fully saturated rings. The first-order chi connectivity index (χ1) is 12.9. The molecule has 0 N–H and O–H groups in total. The smallest absolute Gasteiger partial charge is 0.119 e. The molecule has 0 aliphatic heterocycles. The Morgan fingerprint density at radius 2 is 1.04 bits per heavy atom. The molecule has 150 valence electrons. The highest BCUT2D eigenvalue weighted by Crippen LogP contribution is 2.08. The molecule has 0 aliphatic rings. The van der Waals surface area contributed by atoms with E-state index in [0.717, 1.165) is 18.8 Å². The van der Waals surface area contributed by atoms with Gasteiger partial charge in [-0.25, -0.2) is 0 Å². The number of hydrogen-bond donors (Lipinski definition) is 0. The van der Waals surface area contributed by atoms with Gasteiger partial charge in [0.15, 0.2) is 0 Å². The van der Waals surface area contributed by atoms with E-state index in [2.05, 4.69) is 6.92 Å². The summed E-state index contributed by atoms with van der Waals surface area (Å²) < 4.78 is 22.1. The first-order valence-electron chi connectivity index (χ1n) is 10.3. The Morgan fingerprint density at radius 3 is 1.65 bits per heavy atom. The third kappa shape index (κ3) is 15.2. The third-order valence-electron chi connectivity index (χ3n) is 4.13. The topological polar surface area (TPSA) is 36.9 Å². The van der Waals surface area contributed by atoms with Crippen LogP contribution in [0.1, 0.15) is 58.3 Å². The zero-order valence-electron chi connectivity index (χ0n) is 16.6. The maximum atomic E-state index is 5.59. The van der Waals surface area contributed by atoms with Gasteiger partial charge in [-0.1, -0.05) is 70.1 Å². The summed E-state index contributed by atoms with van der Waals surface area (Å²) in [7, 11) is 0. The van der Waals surface area contributed by atoms with Gasteiger partial charge in [0.25, 0.3) is 0 Å². The van der Waals surface area contributed by atoms with Crippen LogP contribution < -0.4 is 4.74 Å². The summed E-state index contributed by atoms with van der Waals surface area (Å²) in [6.45, 7) is 6.76. The molecule has 4 nitrogen and oxygen atoms in total. The lowest BCUT2D eigenvalue weighted by Gasteiger charge is -2.08. The SMILES string of the molecule is CCCCCCCCCCOCCOCCOCCOc1ccccc1. The Balaban J connectivity index is 1.68. The van der Waals surface area contributed by atoms with Gasteiger partial charge in [-0.15, -0.1) is 0 Å². The van der Waals surface area contributed by atoms with E-state index in [-0.39, 0.29) is 0 Å². The van der Waals surface area contributed by atoms with Crippen LogP contribution in [0, 0.1) is 0 Å². The fourth-order valence-electron chi connectivity index (χ4n) is 2.62. The van der Waals surface area contributed by atoms with Gasteiger partial charge in [-0.2, -0.15) is 0 Å². The largest absolute Gasteiger partial charge is 0.491 e. The van der Waals surface area contributed by atoms with E-state index in [1.54, 1.807) is 0 Å². The quantitative estimate of drug-likeness (QED) is 0.313. The summed E-state index contributed by atoms with van der Waals surface area (Å²) in [5.74, 6) is 0.876. The maximum absolute atomic E-state index is 5.59. The lowest BCUT2D eigenvalue weighted by Crippen LogP contribution is -2.12. The van der Waals surface area contributed by atoms with Crippen molar-refractivity contribution in [3.8, 4) is 5.75 Å². The average molecular weight is 367 g/mol. The maximum Gasteiger partial charge on any atom is 0.119 e. The van der Waals surface area contributed by atoms with Gasteiger partial charge in [0.2, 0.25) is 0 Å². The minimum Gasteiger partial charge on any atom is -0.491 e. The average Bonchev–Trinajstić information content (AvgIpc) is 2.68. The van der Waals surface area contributed by atoms with Crippen LogP contribution in [0.2, 0.25) is 0 Å². The Morgan fingerprint density at radius 1 is 0.538 bits per heavy atom. The summed E-state index contributed by atoms with van der Waals surface area (Å²) in [6, 6.07) is 9.77. The van der Waals surface area contributed by atoms with Crippen molar-refractivity contribution < 1.29 is 18.9 Å². The molecular formula is C22H38O4. The summed E-state index contributed by atoms with van der Waals surface area (Å²) >= 11 is 0. The molecule has 4 heteroatoms. The standard InChI is InChI=1S/C22H38O4/c1-2-3-4-5-6-7-8-12-15-23-16-17-24-18-19-25-20-21-26-22-13-10-9-11-14-22/h9-11,13-14H,2-8,12,15-21H2,1H3. The zero-order valence-corrected chi connectivity index (χ0v) is 16.6. The minimum absolute atomic E-state index is 0.561. The predicted molar refractivity (Wildman–Crippen MR) is 107 cm³/mol. The number of ether oxygens (including phenoxy) is 4. The van der Waals surface area contributed by atoms with E-state index >= 15 is 0 Å². The Kier molecular flexibility index (Phi) is 16.5. The molecule has 0 saturated carbocycles. The van der Waals surface area contributed by atoms with E-state index in [0.29, 0.717) is 39.6 Å². The summed E-state index contributed by atoms with van der Waals surface area (Å²) in [6.07, 6.45) is 10.7. The number of benzene rings is 1. The second kappa shape index (κ2) is 18.7. The summed E-state index contributed by atoms with van der Waals surface area (Å²) in [5.41, 5.74) is 0. The van der Waals surface area contributed by atoms with E-state index in [4.69, 9.17) is 18.9 Å². The van der Waals surface area contributed by atoms with Crippen LogP contribution >= 0.6 is 0 Å². The van der Waals surface area contributed by atoms with E-state index in [1.165, 1.54) is 44.9 Å². The van der Waals surface area contributed by atoms with Gasteiger partial charge in [0, 0.05) is 6.61 Å². The molecule has 0 radical (unpaired) electrons. The molecule has 0 amide bonds. The monoisotopic (exact) mass is 366 g/mol. The fraction of sp³-hybridized carbons (Fsp3) is 0.727. The molecule has 1 aromatic rings. The van der Waals surface area contributed by atoms with Gasteiger partial charge >= 0.3 is 0 Å². The van der Waals surface area contributed by atoms with Crippen molar-refractivity contribution in [2.75, 3.05) is 46.2 Å². The van der Waals surface area contributed by atoms with E-state index in [1.807, 2.05) is 30.3 Å². The first kappa shape index (κ1) is 22.9. The van der Waals surface area contributed by atoms with Crippen molar-refractivity contribution in [3.05, 3.63) is 30.3 Å². The van der Waals surface area contributed by atoms with Crippen molar-refractivity contribution in [1.82, 2.24) is 0 Å². The van der Waals surface area contributed by atoms with Crippen LogP contribution in [0.15, 0.2) is 30.3 Å². The molecule has 0 aromatic heterocycles. The van der Waals surface area contributed by atoms with Crippen molar-refractivity contribution in [3.63, 3.8) is 0 Å². The first-order valence-corrected chi connectivity index (χ1v) is 10.3. The third-order valence-corrected chi connectivity index (χ3v) is 4.13. The Bertz CT molecular complexity index is 383. The van der Waals surface area contributed by atoms with Crippen LogP contribution in [0.25, 0.3) is 0 Å². The predicted octanol–water partition coefficient (Wildman–Crippen LogP) is 5.26. The molecule has 0 bridgehead atoms. The minimum atomic E-state index is 0.561. The second-order valence-corrected chi connectivity index (χ2v) is 6.47. The van der Waals surface area contributed by atoms with E-state index < -0.39 is 0 Å². The molecular weight excluding hydrogens is 328 g/mol. The normalized spacial score (nSPS) is 11.0. The lowest BCUT2D eigenvalue weighted by atomic mass is 10.1. The number of para-hydroxylation sites is 1. The van der Waals surface area contributed by atoms with Crippen LogP contribution in [0.5, 0.6) is 5.75 Å². The number of unbranched alkanes of at least 4 members (excludes halogenated alkanes) is 7. The highest BCUT2D eigenvalue weighted by atomic mass is 16.6. The van der Waals surface area contributed by atoms with Gasteiger partial charge in [-0.3, -0.25) is 0 Å². The molecule has 0 heterocycles. The number of rotatable bonds is 19. The molecule has 0 atom stereocenters. The van der Waals surface area contributed by atoms with Crippen molar-refractivity contribution in [2.45, 2.75) is 58.3 Å². The van der Waals surface area contributed by atoms with Crippen LogP contribution in [0.4, 0.5) is 0 Å². The van der Waals surface area contributed by atoms with Gasteiger partial charge < -0.3 is 18.9 Å². The molecule has 0 saturated heterocycles. The van der Waals surface area contributed by atoms with Crippen molar-refractivity contribution in [1.29, 1.82) is 0 Å². The molecule has 0 aliphatic carbocycles. The molecule has 0 spiro atoms. The van der Waals surface area contributed by atoms with Crippen molar-refractivity contribution >= 4 is 0 Å². The van der Waals surface area contributed by atoms with E-state index in [9.17, 15) is 0 Å². The highest BCUT2D eigenvalue weighted by Gasteiger charge is 1.95. The molecule has 1 rings (SSSR count). The Labute approximate surface area is 160 Å². The molecule has 26 heavy (non-hydrogen) atoms. The second-order valence-electron chi connectivity index (χ2n) is 6.47. The highest BCUT2D eigenvalue weighted by molar-refractivity contribution is 5.20. The van der Waals surface area contributed by atoms with Crippen LogP contribution in [-0.4, -0.2) is 46.2 Å².